The molecule has 1 atom stereocenters. The van der Waals surface area contributed by atoms with E-state index in [-0.39, 0.29) is 11.9 Å². The summed E-state index contributed by atoms with van der Waals surface area (Å²) in [5.41, 5.74) is 0.858. The fourth-order valence-electron chi connectivity index (χ4n) is 3.87. The lowest BCUT2D eigenvalue weighted by Gasteiger charge is -2.40. The van der Waals surface area contributed by atoms with E-state index in [9.17, 15) is 13.2 Å². The maximum atomic E-state index is 12.9. The second kappa shape index (κ2) is 9.84. The van der Waals surface area contributed by atoms with Crippen LogP contribution in [0, 0.1) is 0 Å². The number of hydrogen-bond acceptors (Lipinski definition) is 5. The Morgan fingerprint density at radius 2 is 1.62 bits per heavy atom. The molecule has 0 saturated carbocycles. The van der Waals surface area contributed by atoms with Crippen molar-refractivity contribution in [1.29, 1.82) is 0 Å². The SMILES string of the molecule is CCN1CCN(C(=O)[C@@H](C)N2CCN(S(=O)(=O)/C=C/c3ccccc3)CC2)CC1. The fraction of sp³-hybridized carbons (Fsp3) is 0.571. The summed E-state index contributed by atoms with van der Waals surface area (Å²) in [7, 11) is -3.46. The summed E-state index contributed by atoms with van der Waals surface area (Å²) >= 11 is 0. The molecule has 2 saturated heterocycles. The van der Waals surface area contributed by atoms with E-state index in [1.54, 1.807) is 6.08 Å². The number of sulfonamides is 1. The van der Waals surface area contributed by atoms with E-state index >= 15 is 0 Å². The van der Waals surface area contributed by atoms with E-state index in [4.69, 9.17) is 0 Å². The van der Waals surface area contributed by atoms with Gasteiger partial charge in [-0.1, -0.05) is 37.3 Å². The molecule has 0 radical (unpaired) electrons. The topological polar surface area (TPSA) is 64.2 Å². The predicted molar refractivity (Wildman–Crippen MR) is 116 cm³/mol. The highest BCUT2D eigenvalue weighted by molar-refractivity contribution is 7.92. The molecular formula is C21H32N4O3S. The monoisotopic (exact) mass is 420 g/mol. The Bertz CT molecular complexity index is 796. The number of likely N-dealkylation sites (N-methyl/N-ethyl adjacent to an activating group) is 1. The molecule has 0 bridgehead atoms. The van der Waals surface area contributed by atoms with E-state index in [0.717, 1.165) is 38.3 Å². The van der Waals surface area contributed by atoms with Crippen LogP contribution >= 0.6 is 0 Å². The second-order valence-corrected chi connectivity index (χ2v) is 9.45. The van der Waals surface area contributed by atoms with Crippen LogP contribution in [0.1, 0.15) is 19.4 Å². The molecular weight excluding hydrogens is 388 g/mol. The number of benzene rings is 1. The third kappa shape index (κ3) is 5.66. The van der Waals surface area contributed by atoms with Crippen LogP contribution in [-0.4, -0.2) is 98.3 Å². The van der Waals surface area contributed by atoms with Crippen molar-refractivity contribution >= 4 is 22.0 Å². The number of carbonyl (C=O) groups excluding carboxylic acids is 1. The van der Waals surface area contributed by atoms with Crippen molar-refractivity contribution in [3.63, 3.8) is 0 Å². The minimum absolute atomic E-state index is 0.154. The Balaban J connectivity index is 1.51. The van der Waals surface area contributed by atoms with Crippen LogP contribution in [-0.2, 0) is 14.8 Å². The third-order valence-corrected chi connectivity index (χ3v) is 7.47. The van der Waals surface area contributed by atoms with E-state index in [2.05, 4.69) is 16.7 Å². The van der Waals surface area contributed by atoms with Crippen LogP contribution < -0.4 is 0 Å². The molecule has 2 aliphatic heterocycles. The normalized spacial score (nSPS) is 21.5. The van der Waals surface area contributed by atoms with Crippen LogP contribution in [0.3, 0.4) is 0 Å². The summed E-state index contributed by atoms with van der Waals surface area (Å²) in [4.78, 5) is 19.2. The lowest BCUT2D eigenvalue weighted by atomic mass is 10.2. The number of carbonyl (C=O) groups is 1. The molecule has 1 aromatic carbocycles. The number of piperazine rings is 2. The number of amides is 1. The Kier molecular flexibility index (Phi) is 7.45. The van der Waals surface area contributed by atoms with Crippen LogP contribution in [0.5, 0.6) is 0 Å². The lowest BCUT2D eigenvalue weighted by Crippen LogP contribution is -2.57. The van der Waals surface area contributed by atoms with Crippen LogP contribution in [0.15, 0.2) is 35.7 Å². The number of rotatable bonds is 6. The lowest BCUT2D eigenvalue weighted by molar-refractivity contribution is -0.138. The highest BCUT2D eigenvalue weighted by Gasteiger charge is 2.32. The summed E-state index contributed by atoms with van der Waals surface area (Å²) < 4.78 is 26.7. The molecule has 0 unspecified atom stereocenters. The number of nitrogens with zero attached hydrogens (tertiary/aromatic N) is 4. The smallest absolute Gasteiger partial charge is 0.239 e. The van der Waals surface area contributed by atoms with Gasteiger partial charge in [-0.2, -0.15) is 4.31 Å². The summed E-state index contributed by atoms with van der Waals surface area (Å²) in [6.07, 6.45) is 1.63. The summed E-state index contributed by atoms with van der Waals surface area (Å²) in [5, 5.41) is 1.28. The van der Waals surface area contributed by atoms with Gasteiger partial charge in [0.25, 0.3) is 0 Å². The highest BCUT2D eigenvalue weighted by Crippen LogP contribution is 2.15. The van der Waals surface area contributed by atoms with Gasteiger partial charge < -0.3 is 9.80 Å². The van der Waals surface area contributed by atoms with E-state index < -0.39 is 10.0 Å². The van der Waals surface area contributed by atoms with Crippen LogP contribution in [0.2, 0.25) is 0 Å². The molecule has 0 aromatic heterocycles. The molecule has 7 nitrogen and oxygen atoms in total. The van der Waals surface area contributed by atoms with E-state index in [1.807, 2.05) is 42.2 Å². The quantitative estimate of drug-likeness (QED) is 0.691. The zero-order valence-electron chi connectivity index (χ0n) is 17.4. The number of hydrogen-bond donors (Lipinski definition) is 0. The molecule has 29 heavy (non-hydrogen) atoms. The average Bonchev–Trinajstić information content (AvgIpc) is 2.77. The molecule has 0 aliphatic carbocycles. The Hall–Kier alpha value is -1.74. The Morgan fingerprint density at radius 1 is 1.00 bits per heavy atom. The zero-order chi connectivity index (χ0) is 20.9. The maximum absolute atomic E-state index is 12.9. The van der Waals surface area contributed by atoms with Gasteiger partial charge in [0.05, 0.1) is 6.04 Å². The summed E-state index contributed by atoms with van der Waals surface area (Å²) in [6, 6.07) is 9.19. The zero-order valence-corrected chi connectivity index (χ0v) is 18.2. The van der Waals surface area contributed by atoms with Crippen LogP contribution in [0.4, 0.5) is 0 Å². The van der Waals surface area contributed by atoms with Crippen molar-refractivity contribution in [2.75, 3.05) is 58.9 Å². The van der Waals surface area contributed by atoms with Gasteiger partial charge in [0, 0.05) is 57.8 Å². The molecule has 8 heteroatoms. The molecule has 160 valence electrons. The molecule has 1 amide bonds. The van der Waals surface area contributed by atoms with Gasteiger partial charge in [-0.25, -0.2) is 8.42 Å². The highest BCUT2D eigenvalue weighted by atomic mass is 32.2. The largest absolute Gasteiger partial charge is 0.339 e. The third-order valence-electron chi connectivity index (χ3n) is 5.90. The first-order valence-electron chi connectivity index (χ1n) is 10.4. The van der Waals surface area contributed by atoms with Crippen molar-refractivity contribution in [2.24, 2.45) is 0 Å². The van der Waals surface area contributed by atoms with Crippen LogP contribution in [0.25, 0.3) is 6.08 Å². The summed E-state index contributed by atoms with van der Waals surface area (Å²) in [6.45, 7) is 10.4. The minimum Gasteiger partial charge on any atom is -0.339 e. The molecule has 0 N–H and O–H groups in total. The maximum Gasteiger partial charge on any atom is 0.239 e. The molecule has 2 aliphatic rings. The second-order valence-electron chi connectivity index (χ2n) is 7.63. The van der Waals surface area contributed by atoms with Gasteiger partial charge in [0.2, 0.25) is 15.9 Å². The summed E-state index contributed by atoms with van der Waals surface area (Å²) in [5.74, 6) is 0.154. The molecule has 2 fully saturated rings. The van der Waals surface area contributed by atoms with Crippen molar-refractivity contribution in [1.82, 2.24) is 19.0 Å². The molecule has 1 aromatic rings. The van der Waals surface area contributed by atoms with Gasteiger partial charge >= 0.3 is 0 Å². The predicted octanol–water partition coefficient (Wildman–Crippen LogP) is 1.16. The molecule has 0 spiro atoms. The molecule has 2 heterocycles. The fourth-order valence-corrected chi connectivity index (χ4v) is 5.04. The van der Waals surface area contributed by atoms with E-state index in [1.165, 1.54) is 9.71 Å². The van der Waals surface area contributed by atoms with Crippen molar-refractivity contribution in [3.05, 3.63) is 41.3 Å². The molecule has 3 rings (SSSR count). The van der Waals surface area contributed by atoms with Gasteiger partial charge in [-0.15, -0.1) is 0 Å². The van der Waals surface area contributed by atoms with Crippen molar-refractivity contribution in [2.45, 2.75) is 19.9 Å². The van der Waals surface area contributed by atoms with Gasteiger partial charge in [-0.05, 0) is 25.1 Å². The standard InChI is InChI=1S/C21H32N4O3S/c1-3-22-10-12-24(13-11-22)21(26)19(2)23-14-16-25(17-15-23)29(27,28)18-9-20-7-5-4-6-8-20/h4-9,18-19H,3,10-17H2,1-2H3/b18-9+/t19-/m1/s1. The first kappa shape index (κ1) is 22.0. The van der Waals surface area contributed by atoms with Crippen molar-refractivity contribution < 1.29 is 13.2 Å². The van der Waals surface area contributed by atoms with Gasteiger partial charge in [0.15, 0.2) is 0 Å². The first-order chi connectivity index (χ1) is 13.9. The Morgan fingerprint density at radius 3 is 2.21 bits per heavy atom. The minimum atomic E-state index is -3.46. The van der Waals surface area contributed by atoms with Crippen molar-refractivity contribution in [3.8, 4) is 0 Å². The average molecular weight is 421 g/mol. The van der Waals surface area contributed by atoms with E-state index in [0.29, 0.717) is 26.2 Å². The van der Waals surface area contributed by atoms with Gasteiger partial charge in [-0.3, -0.25) is 9.69 Å². The van der Waals surface area contributed by atoms with Gasteiger partial charge in [0.1, 0.15) is 0 Å². The Labute approximate surface area is 174 Å². The first-order valence-corrected chi connectivity index (χ1v) is 11.9.